The first kappa shape index (κ1) is 23.4. The van der Waals surface area contributed by atoms with Crippen LogP contribution in [0.2, 0.25) is 0 Å². The molecule has 0 unspecified atom stereocenters. The third-order valence-electron chi connectivity index (χ3n) is 8.06. The summed E-state index contributed by atoms with van der Waals surface area (Å²) in [5.74, 6) is 0. The number of rotatable bonds is 4. The van der Waals surface area contributed by atoms with Gasteiger partial charge in [-0.15, -0.1) is 0 Å². The molecular formula is C37H30N2. The molecule has 0 atom stereocenters. The van der Waals surface area contributed by atoms with Crippen LogP contribution in [0.4, 0.5) is 0 Å². The summed E-state index contributed by atoms with van der Waals surface area (Å²) in [6.07, 6.45) is 20.5. The number of aromatic nitrogens is 1. The quantitative estimate of drug-likeness (QED) is 0.248. The van der Waals surface area contributed by atoms with Crippen molar-refractivity contribution in [1.29, 1.82) is 0 Å². The molecule has 39 heavy (non-hydrogen) atoms. The molecule has 0 fully saturated rings. The largest absolute Gasteiger partial charge is 0.310 e. The molecule has 3 aliphatic carbocycles. The third-order valence-corrected chi connectivity index (χ3v) is 8.06. The zero-order chi connectivity index (χ0) is 26.3. The molecule has 4 aromatic rings. The number of benzene rings is 3. The number of allylic oxidation sites excluding steroid dienone is 9. The first-order chi connectivity index (χ1) is 19.2. The number of fused-ring (bicyclic) bond motifs is 5. The van der Waals surface area contributed by atoms with E-state index in [1.807, 2.05) is 0 Å². The van der Waals surface area contributed by atoms with Crippen LogP contribution >= 0.6 is 0 Å². The van der Waals surface area contributed by atoms with E-state index in [0.29, 0.717) is 0 Å². The number of hydrogen-bond donors (Lipinski definition) is 0. The van der Waals surface area contributed by atoms with E-state index >= 15 is 0 Å². The number of hydrogen-bond acceptors (Lipinski definition) is 1. The van der Waals surface area contributed by atoms with E-state index in [-0.39, 0.29) is 0 Å². The molecule has 1 aromatic heterocycles. The van der Waals surface area contributed by atoms with Gasteiger partial charge in [-0.1, -0.05) is 97.1 Å². The lowest BCUT2D eigenvalue weighted by atomic mass is 10.0. The molecule has 0 saturated heterocycles. The van der Waals surface area contributed by atoms with Crippen molar-refractivity contribution < 1.29 is 0 Å². The molecule has 2 heteroatoms. The smallest absolute Gasteiger partial charge is 0.0633 e. The lowest BCUT2D eigenvalue weighted by Crippen LogP contribution is -1.99. The Bertz CT molecular complexity index is 1830. The van der Waals surface area contributed by atoms with Crippen molar-refractivity contribution in [3.05, 3.63) is 155 Å². The van der Waals surface area contributed by atoms with Crippen molar-refractivity contribution in [1.82, 2.24) is 4.57 Å². The van der Waals surface area contributed by atoms with E-state index in [9.17, 15) is 0 Å². The highest BCUT2D eigenvalue weighted by molar-refractivity contribution is 6.05. The van der Waals surface area contributed by atoms with Gasteiger partial charge in [-0.3, -0.25) is 4.99 Å². The van der Waals surface area contributed by atoms with Crippen molar-refractivity contribution in [3.63, 3.8) is 0 Å². The SMILES string of the molecule is C=C(/N=C(\C)c1ccc2c3c(n(-c4ccccc4)c2c1)C=CC=CC3)c1ccc2c(c1)CC1=C2C=CC=CC1. The summed E-state index contributed by atoms with van der Waals surface area (Å²) >= 11 is 0. The summed E-state index contributed by atoms with van der Waals surface area (Å²) in [4.78, 5) is 5.00. The summed E-state index contributed by atoms with van der Waals surface area (Å²) in [7, 11) is 0. The van der Waals surface area contributed by atoms with E-state index in [2.05, 4.69) is 133 Å². The Labute approximate surface area is 230 Å². The molecule has 2 nitrogen and oxygen atoms in total. The molecule has 0 aliphatic heterocycles. The predicted molar refractivity (Wildman–Crippen MR) is 166 cm³/mol. The molecule has 0 radical (unpaired) electrons. The molecular weight excluding hydrogens is 472 g/mol. The second-order valence-electron chi connectivity index (χ2n) is 10.5. The summed E-state index contributed by atoms with van der Waals surface area (Å²) < 4.78 is 2.38. The molecule has 7 rings (SSSR count). The van der Waals surface area contributed by atoms with Gasteiger partial charge in [0.2, 0.25) is 0 Å². The number of nitrogens with zero attached hydrogens (tertiary/aromatic N) is 2. The lowest BCUT2D eigenvalue weighted by molar-refractivity contribution is 1.09. The molecule has 3 aromatic carbocycles. The topological polar surface area (TPSA) is 17.3 Å². The van der Waals surface area contributed by atoms with Gasteiger partial charge < -0.3 is 4.57 Å². The molecule has 3 aliphatic rings. The van der Waals surface area contributed by atoms with Gasteiger partial charge in [0.25, 0.3) is 0 Å². The molecule has 0 bridgehead atoms. The third kappa shape index (κ3) is 4.09. The maximum Gasteiger partial charge on any atom is 0.0633 e. The van der Waals surface area contributed by atoms with Gasteiger partial charge in [0.15, 0.2) is 0 Å². The van der Waals surface area contributed by atoms with Crippen LogP contribution in [0.15, 0.2) is 126 Å². The fourth-order valence-electron chi connectivity index (χ4n) is 6.12. The molecule has 0 saturated carbocycles. The van der Waals surface area contributed by atoms with E-state index in [1.165, 1.54) is 50.1 Å². The van der Waals surface area contributed by atoms with E-state index in [4.69, 9.17) is 4.99 Å². The van der Waals surface area contributed by atoms with Crippen LogP contribution in [0, 0.1) is 0 Å². The molecule has 1 heterocycles. The van der Waals surface area contributed by atoms with Crippen molar-refractivity contribution >= 4 is 34.0 Å². The van der Waals surface area contributed by atoms with E-state index < -0.39 is 0 Å². The van der Waals surface area contributed by atoms with Gasteiger partial charge in [0.05, 0.1) is 16.9 Å². The van der Waals surface area contributed by atoms with Crippen LogP contribution in [0.25, 0.3) is 33.9 Å². The van der Waals surface area contributed by atoms with Crippen LogP contribution in [0.5, 0.6) is 0 Å². The Morgan fingerprint density at radius 2 is 1.62 bits per heavy atom. The fourth-order valence-corrected chi connectivity index (χ4v) is 6.12. The highest BCUT2D eigenvalue weighted by atomic mass is 15.0. The average molecular weight is 503 g/mol. The highest BCUT2D eigenvalue weighted by Crippen LogP contribution is 2.38. The summed E-state index contributed by atoms with van der Waals surface area (Å²) in [5, 5.41) is 1.29. The first-order valence-electron chi connectivity index (χ1n) is 13.7. The minimum Gasteiger partial charge on any atom is -0.310 e. The van der Waals surface area contributed by atoms with E-state index in [0.717, 1.165) is 41.8 Å². The second-order valence-corrected chi connectivity index (χ2v) is 10.5. The molecule has 0 N–H and O–H groups in total. The van der Waals surface area contributed by atoms with Crippen LogP contribution in [0.3, 0.4) is 0 Å². The van der Waals surface area contributed by atoms with E-state index in [1.54, 1.807) is 0 Å². The lowest BCUT2D eigenvalue weighted by Gasteiger charge is -2.10. The average Bonchev–Trinajstić information content (AvgIpc) is 3.20. The van der Waals surface area contributed by atoms with Crippen molar-refractivity contribution in [2.45, 2.75) is 26.2 Å². The Balaban J connectivity index is 1.25. The van der Waals surface area contributed by atoms with Crippen LogP contribution < -0.4 is 0 Å². The Kier molecular flexibility index (Phi) is 5.74. The monoisotopic (exact) mass is 502 g/mol. The van der Waals surface area contributed by atoms with Crippen molar-refractivity contribution in [2.75, 3.05) is 0 Å². The van der Waals surface area contributed by atoms with Crippen LogP contribution in [-0.4, -0.2) is 10.3 Å². The normalized spacial score (nSPS) is 15.8. The van der Waals surface area contributed by atoms with Crippen molar-refractivity contribution in [2.24, 2.45) is 4.99 Å². The Hall–Kier alpha value is -4.69. The maximum atomic E-state index is 5.00. The molecule has 188 valence electrons. The van der Waals surface area contributed by atoms with Crippen molar-refractivity contribution in [3.8, 4) is 5.69 Å². The summed E-state index contributed by atoms with van der Waals surface area (Å²) in [6, 6.07) is 24.1. The van der Waals surface area contributed by atoms with Gasteiger partial charge in [0.1, 0.15) is 0 Å². The zero-order valence-corrected chi connectivity index (χ0v) is 22.2. The van der Waals surface area contributed by atoms with Crippen LogP contribution in [-0.2, 0) is 12.8 Å². The summed E-state index contributed by atoms with van der Waals surface area (Å²) in [5.41, 5.74) is 14.5. The molecule has 0 amide bonds. The highest BCUT2D eigenvalue weighted by Gasteiger charge is 2.21. The minimum absolute atomic E-state index is 0.801. The summed E-state index contributed by atoms with van der Waals surface area (Å²) in [6.45, 7) is 6.45. The fraction of sp³-hybridized carbons (Fsp3) is 0.108. The Morgan fingerprint density at radius 3 is 2.49 bits per heavy atom. The van der Waals surface area contributed by atoms with Gasteiger partial charge >= 0.3 is 0 Å². The van der Waals surface area contributed by atoms with Gasteiger partial charge in [0, 0.05) is 16.8 Å². The first-order valence-corrected chi connectivity index (χ1v) is 13.7. The maximum absolute atomic E-state index is 5.00. The van der Waals surface area contributed by atoms with Crippen LogP contribution in [0.1, 0.15) is 46.9 Å². The van der Waals surface area contributed by atoms with Gasteiger partial charge in [-0.05, 0) is 89.9 Å². The second kappa shape index (κ2) is 9.56. The molecule has 0 spiro atoms. The van der Waals surface area contributed by atoms with Gasteiger partial charge in [-0.25, -0.2) is 0 Å². The number of aliphatic imine (C=N–C) groups is 1. The zero-order valence-electron chi connectivity index (χ0n) is 22.2. The Morgan fingerprint density at radius 1 is 0.821 bits per heavy atom. The predicted octanol–water partition coefficient (Wildman–Crippen LogP) is 9.06. The number of para-hydroxylation sites is 1. The standard InChI is InChI=1S/C37H30N2/c1-25(27-18-20-33-30(22-27)23-29-12-6-3-9-15-32(29)33)38-26(2)28-19-21-35-34-16-10-5-11-17-36(34)39(37(35)24-28)31-13-7-4-8-14-31/h3-11,13-15,17-22,24H,1,12,16,23H2,2H3/b38-26+. The minimum atomic E-state index is 0.801. The van der Waals surface area contributed by atoms with Gasteiger partial charge in [-0.2, -0.15) is 0 Å².